The van der Waals surface area contributed by atoms with Crippen LogP contribution in [0.4, 0.5) is 18.9 Å². The Kier molecular flexibility index (Phi) is 4.97. The molecule has 0 radical (unpaired) electrons. The third kappa shape index (κ3) is 3.76. The van der Waals surface area contributed by atoms with E-state index < -0.39 is 29.5 Å². The van der Waals surface area contributed by atoms with Crippen LogP contribution in [0.3, 0.4) is 0 Å². The molecule has 0 spiro atoms. The summed E-state index contributed by atoms with van der Waals surface area (Å²) in [6, 6.07) is 8.29. The third-order valence-corrected chi connectivity index (χ3v) is 4.23. The second-order valence-electron chi connectivity index (χ2n) is 6.91. The van der Waals surface area contributed by atoms with E-state index in [1.54, 1.807) is 0 Å². The van der Waals surface area contributed by atoms with E-state index in [2.05, 4.69) is 5.32 Å². The molecule has 2 aromatic carbocycles. The number of nitrogens with one attached hydrogen (secondary N) is 1. The van der Waals surface area contributed by atoms with Gasteiger partial charge in [-0.2, -0.15) is 13.2 Å². The van der Waals surface area contributed by atoms with Gasteiger partial charge in [-0.15, -0.1) is 0 Å². The Morgan fingerprint density at radius 1 is 1.04 bits per heavy atom. The van der Waals surface area contributed by atoms with Crippen molar-refractivity contribution in [3.8, 4) is 0 Å². The predicted octanol–water partition coefficient (Wildman–Crippen LogP) is 4.21. The van der Waals surface area contributed by atoms with Gasteiger partial charge in [0.2, 0.25) is 0 Å². The zero-order valence-corrected chi connectivity index (χ0v) is 15.1. The second kappa shape index (κ2) is 7.10. The Morgan fingerprint density at radius 2 is 1.71 bits per heavy atom. The molecule has 0 saturated heterocycles. The van der Waals surface area contributed by atoms with Crippen molar-refractivity contribution in [2.24, 2.45) is 5.92 Å². The van der Waals surface area contributed by atoms with Gasteiger partial charge in [0.15, 0.2) is 0 Å². The number of imide groups is 1. The van der Waals surface area contributed by atoms with Gasteiger partial charge in [0.1, 0.15) is 0 Å². The fourth-order valence-corrected chi connectivity index (χ4v) is 2.94. The minimum absolute atomic E-state index is 0.0239. The summed E-state index contributed by atoms with van der Waals surface area (Å²) in [5.41, 5.74) is -0.513. The highest BCUT2D eigenvalue weighted by Gasteiger charge is 2.36. The molecule has 1 aliphatic heterocycles. The number of amides is 3. The van der Waals surface area contributed by atoms with Crippen LogP contribution in [-0.2, 0) is 6.18 Å². The minimum atomic E-state index is -4.53. The lowest BCUT2D eigenvalue weighted by molar-refractivity contribution is -0.137. The van der Waals surface area contributed by atoms with Crippen LogP contribution in [0.5, 0.6) is 0 Å². The molecule has 0 atom stereocenters. The van der Waals surface area contributed by atoms with E-state index in [0.717, 1.165) is 17.0 Å². The monoisotopic (exact) mass is 390 g/mol. The summed E-state index contributed by atoms with van der Waals surface area (Å²) < 4.78 is 38.4. The summed E-state index contributed by atoms with van der Waals surface area (Å²) in [4.78, 5) is 38.4. The Balaban J connectivity index is 1.84. The zero-order chi connectivity index (χ0) is 20.6. The van der Waals surface area contributed by atoms with E-state index in [0.29, 0.717) is 0 Å². The molecule has 3 rings (SSSR count). The molecule has 2 aromatic rings. The van der Waals surface area contributed by atoms with Crippen LogP contribution in [-0.4, -0.2) is 29.2 Å². The van der Waals surface area contributed by atoms with Gasteiger partial charge in [-0.1, -0.05) is 19.9 Å². The second-order valence-corrected chi connectivity index (χ2v) is 6.91. The van der Waals surface area contributed by atoms with Gasteiger partial charge in [0.05, 0.1) is 16.7 Å². The average Bonchev–Trinajstić information content (AvgIpc) is 2.85. The van der Waals surface area contributed by atoms with Crippen LogP contribution in [0.2, 0.25) is 0 Å². The molecule has 0 fully saturated rings. The summed E-state index contributed by atoms with van der Waals surface area (Å²) in [5.74, 6) is -1.49. The first kappa shape index (κ1) is 19.6. The van der Waals surface area contributed by atoms with Gasteiger partial charge in [0.25, 0.3) is 17.7 Å². The lowest BCUT2D eigenvalue weighted by Crippen LogP contribution is -2.33. The Labute approximate surface area is 159 Å². The summed E-state index contributed by atoms with van der Waals surface area (Å²) in [7, 11) is 0. The molecule has 5 nitrogen and oxygen atoms in total. The molecular formula is C20H17F3N2O3. The molecular weight excluding hydrogens is 373 g/mol. The van der Waals surface area contributed by atoms with Gasteiger partial charge in [0, 0.05) is 17.8 Å². The molecule has 0 bridgehead atoms. The molecule has 146 valence electrons. The Morgan fingerprint density at radius 3 is 2.36 bits per heavy atom. The van der Waals surface area contributed by atoms with Gasteiger partial charge in [-0.3, -0.25) is 19.3 Å². The number of halogens is 3. The van der Waals surface area contributed by atoms with E-state index in [9.17, 15) is 27.6 Å². The first-order chi connectivity index (χ1) is 13.1. The van der Waals surface area contributed by atoms with Crippen molar-refractivity contribution >= 4 is 23.4 Å². The van der Waals surface area contributed by atoms with Crippen molar-refractivity contribution in [3.63, 3.8) is 0 Å². The quantitative estimate of drug-likeness (QED) is 0.796. The van der Waals surface area contributed by atoms with Crippen LogP contribution < -0.4 is 5.32 Å². The molecule has 0 aliphatic carbocycles. The number of anilines is 1. The van der Waals surface area contributed by atoms with Crippen LogP contribution in [0.15, 0.2) is 42.5 Å². The van der Waals surface area contributed by atoms with E-state index >= 15 is 0 Å². The minimum Gasteiger partial charge on any atom is -0.322 e. The molecule has 8 heteroatoms. The maximum Gasteiger partial charge on any atom is 0.416 e. The van der Waals surface area contributed by atoms with Crippen molar-refractivity contribution in [1.82, 2.24) is 4.90 Å². The number of fused-ring (bicyclic) bond motifs is 1. The maximum absolute atomic E-state index is 12.8. The highest BCUT2D eigenvalue weighted by atomic mass is 19.4. The number of hydrogen-bond donors (Lipinski definition) is 1. The van der Waals surface area contributed by atoms with Crippen LogP contribution in [0.25, 0.3) is 0 Å². The van der Waals surface area contributed by atoms with Gasteiger partial charge in [-0.25, -0.2) is 0 Å². The molecule has 1 N–H and O–H groups in total. The van der Waals surface area contributed by atoms with Crippen molar-refractivity contribution in [3.05, 3.63) is 64.7 Å². The summed E-state index contributed by atoms with van der Waals surface area (Å²) in [5, 5.41) is 2.38. The fraction of sp³-hybridized carbons (Fsp3) is 0.250. The zero-order valence-electron chi connectivity index (χ0n) is 15.1. The van der Waals surface area contributed by atoms with Gasteiger partial charge >= 0.3 is 6.18 Å². The van der Waals surface area contributed by atoms with Crippen molar-refractivity contribution in [2.45, 2.75) is 20.0 Å². The molecule has 0 saturated carbocycles. The normalized spacial score (nSPS) is 13.9. The lowest BCUT2D eigenvalue weighted by atomic mass is 10.1. The highest BCUT2D eigenvalue weighted by molar-refractivity contribution is 6.22. The van der Waals surface area contributed by atoms with Gasteiger partial charge < -0.3 is 5.32 Å². The number of hydrogen-bond acceptors (Lipinski definition) is 3. The SMILES string of the molecule is CC(C)CN1C(=O)c2ccc(C(=O)Nc3cccc(C(F)(F)F)c3)cc2C1=O. The Bertz CT molecular complexity index is 967. The van der Waals surface area contributed by atoms with Crippen molar-refractivity contribution in [1.29, 1.82) is 0 Å². The summed E-state index contributed by atoms with van der Waals surface area (Å²) in [6.45, 7) is 4.01. The van der Waals surface area contributed by atoms with Crippen LogP contribution in [0, 0.1) is 5.92 Å². The lowest BCUT2D eigenvalue weighted by Gasteiger charge is -2.15. The number of rotatable bonds is 4. The summed E-state index contributed by atoms with van der Waals surface area (Å²) in [6.07, 6.45) is -4.53. The van der Waals surface area contributed by atoms with E-state index in [4.69, 9.17) is 0 Å². The topological polar surface area (TPSA) is 66.5 Å². The third-order valence-electron chi connectivity index (χ3n) is 4.23. The summed E-state index contributed by atoms with van der Waals surface area (Å²) >= 11 is 0. The molecule has 3 amide bonds. The average molecular weight is 390 g/mol. The first-order valence-electron chi connectivity index (χ1n) is 8.57. The molecule has 1 heterocycles. The smallest absolute Gasteiger partial charge is 0.322 e. The molecule has 1 aliphatic rings. The molecule has 28 heavy (non-hydrogen) atoms. The van der Waals surface area contributed by atoms with Crippen LogP contribution in [0.1, 0.15) is 50.5 Å². The molecule has 0 unspecified atom stereocenters. The highest BCUT2D eigenvalue weighted by Crippen LogP contribution is 2.31. The van der Waals surface area contributed by atoms with E-state index in [1.807, 2.05) is 13.8 Å². The number of nitrogens with zero attached hydrogens (tertiary/aromatic N) is 1. The first-order valence-corrected chi connectivity index (χ1v) is 8.57. The van der Waals surface area contributed by atoms with Gasteiger partial charge in [-0.05, 0) is 42.3 Å². The number of alkyl halides is 3. The van der Waals surface area contributed by atoms with Crippen LogP contribution >= 0.6 is 0 Å². The number of carbonyl (C=O) groups is 3. The van der Waals surface area contributed by atoms with E-state index in [1.165, 1.54) is 30.3 Å². The molecule has 0 aromatic heterocycles. The fourth-order valence-electron chi connectivity index (χ4n) is 2.94. The van der Waals surface area contributed by atoms with E-state index in [-0.39, 0.29) is 34.8 Å². The largest absolute Gasteiger partial charge is 0.416 e. The Hall–Kier alpha value is -3.16. The number of benzene rings is 2. The predicted molar refractivity (Wildman–Crippen MR) is 96.0 cm³/mol. The van der Waals surface area contributed by atoms with Crippen molar-refractivity contribution in [2.75, 3.05) is 11.9 Å². The number of carbonyl (C=O) groups excluding carboxylic acids is 3. The standard InChI is InChI=1S/C20H17F3N2O3/c1-11(2)10-25-18(27)15-7-6-12(8-16(15)19(25)28)17(26)24-14-5-3-4-13(9-14)20(21,22)23/h3-9,11H,10H2,1-2H3,(H,24,26). The maximum atomic E-state index is 12.8. The van der Waals surface area contributed by atoms with Crippen molar-refractivity contribution < 1.29 is 27.6 Å².